The van der Waals surface area contributed by atoms with E-state index in [9.17, 15) is 8.78 Å². The van der Waals surface area contributed by atoms with Gasteiger partial charge in [0.2, 0.25) is 0 Å². The van der Waals surface area contributed by atoms with Crippen LogP contribution in [0.5, 0.6) is 0 Å². The average molecular weight is 278 g/mol. The molecule has 0 atom stereocenters. The highest BCUT2D eigenvalue weighted by Crippen LogP contribution is 2.18. The lowest BCUT2D eigenvalue weighted by atomic mass is 10.1. The summed E-state index contributed by atoms with van der Waals surface area (Å²) in [7, 11) is 0. The molecule has 0 aliphatic rings. The molecule has 1 aromatic carbocycles. The number of nitrogens with zero attached hydrogens (tertiary/aromatic N) is 2. The lowest BCUT2D eigenvalue weighted by Gasteiger charge is -2.10. The van der Waals surface area contributed by atoms with Crippen molar-refractivity contribution in [2.45, 2.75) is 6.54 Å². The van der Waals surface area contributed by atoms with E-state index in [1.54, 1.807) is 12.1 Å². The average Bonchev–Trinajstić information content (AvgIpc) is 2.48. The highest BCUT2D eigenvalue weighted by molar-refractivity contribution is 5.96. The van der Waals surface area contributed by atoms with E-state index in [2.05, 4.69) is 15.5 Å². The van der Waals surface area contributed by atoms with Gasteiger partial charge < -0.3 is 16.3 Å². The third-order valence-electron chi connectivity index (χ3n) is 2.66. The molecule has 0 saturated heterocycles. The summed E-state index contributed by atoms with van der Waals surface area (Å²) >= 11 is 0. The number of aromatic nitrogens is 1. The normalized spacial score (nSPS) is 11.4. The second kappa shape index (κ2) is 5.96. The van der Waals surface area contributed by atoms with E-state index in [1.165, 1.54) is 18.3 Å². The number of anilines is 1. The van der Waals surface area contributed by atoms with E-state index in [1.807, 2.05) is 0 Å². The van der Waals surface area contributed by atoms with Crippen LogP contribution in [0.15, 0.2) is 41.7 Å². The zero-order chi connectivity index (χ0) is 14.5. The number of rotatable bonds is 4. The fourth-order valence-electron chi connectivity index (χ4n) is 1.69. The largest absolute Gasteiger partial charge is 0.409 e. The van der Waals surface area contributed by atoms with Crippen molar-refractivity contribution in [2.75, 3.05) is 5.32 Å². The molecule has 20 heavy (non-hydrogen) atoms. The van der Waals surface area contributed by atoms with Gasteiger partial charge in [-0.2, -0.15) is 0 Å². The van der Waals surface area contributed by atoms with Crippen molar-refractivity contribution < 1.29 is 14.0 Å². The first-order valence-electron chi connectivity index (χ1n) is 5.73. The highest BCUT2D eigenvalue weighted by Gasteiger charge is 2.10. The molecule has 7 heteroatoms. The summed E-state index contributed by atoms with van der Waals surface area (Å²) in [6, 6.07) is 7.19. The number of oxime groups is 1. The lowest BCUT2D eigenvalue weighted by Crippen LogP contribution is -2.18. The van der Waals surface area contributed by atoms with Crippen LogP contribution < -0.4 is 11.1 Å². The van der Waals surface area contributed by atoms with E-state index in [4.69, 9.17) is 10.9 Å². The molecule has 0 aliphatic carbocycles. The fraction of sp³-hybridized carbons (Fsp3) is 0.0769. The summed E-state index contributed by atoms with van der Waals surface area (Å²) in [4.78, 5) is 3.98. The van der Waals surface area contributed by atoms with Gasteiger partial charge in [-0.3, -0.25) is 4.98 Å². The SMILES string of the molecule is NC(=NO)c1ncccc1CNc1cccc(F)c1F. The van der Waals surface area contributed by atoms with Crippen LogP contribution in [-0.4, -0.2) is 16.0 Å². The highest BCUT2D eigenvalue weighted by atomic mass is 19.2. The van der Waals surface area contributed by atoms with Crippen LogP contribution >= 0.6 is 0 Å². The van der Waals surface area contributed by atoms with Gasteiger partial charge in [-0.15, -0.1) is 0 Å². The number of pyridine rings is 1. The molecule has 0 bridgehead atoms. The van der Waals surface area contributed by atoms with E-state index in [0.717, 1.165) is 6.07 Å². The first-order chi connectivity index (χ1) is 9.63. The van der Waals surface area contributed by atoms with Crippen molar-refractivity contribution in [3.8, 4) is 0 Å². The van der Waals surface area contributed by atoms with Crippen LogP contribution in [0.25, 0.3) is 0 Å². The van der Waals surface area contributed by atoms with Crippen LogP contribution in [0.4, 0.5) is 14.5 Å². The third kappa shape index (κ3) is 2.82. The molecular formula is C13H12F2N4O. The monoisotopic (exact) mass is 278 g/mol. The van der Waals surface area contributed by atoms with Gasteiger partial charge in [0.15, 0.2) is 17.5 Å². The zero-order valence-electron chi connectivity index (χ0n) is 10.3. The van der Waals surface area contributed by atoms with Crippen LogP contribution in [0.3, 0.4) is 0 Å². The molecule has 2 rings (SSSR count). The van der Waals surface area contributed by atoms with Gasteiger partial charge >= 0.3 is 0 Å². The molecule has 0 radical (unpaired) electrons. The van der Waals surface area contributed by atoms with Crippen molar-refractivity contribution in [2.24, 2.45) is 10.9 Å². The Labute approximate surface area is 113 Å². The summed E-state index contributed by atoms with van der Waals surface area (Å²) in [6.45, 7) is 0.153. The maximum Gasteiger partial charge on any atom is 0.189 e. The zero-order valence-corrected chi connectivity index (χ0v) is 10.3. The topological polar surface area (TPSA) is 83.5 Å². The Bertz CT molecular complexity index is 646. The van der Waals surface area contributed by atoms with Crippen LogP contribution in [0.1, 0.15) is 11.3 Å². The Balaban J connectivity index is 2.21. The first kappa shape index (κ1) is 13.7. The molecule has 0 saturated carbocycles. The molecule has 4 N–H and O–H groups in total. The van der Waals surface area contributed by atoms with Crippen molar-refractivity contribution in [1.29, 1.82) is 0 Å². The lowest BCUT2D eigenvalue weighted by molar-refractivity contribution is 0.318. The molecule has 5 nitrogen and oxygen atoms in total. The minimum atomic E-state index is -0.957. The number of hydrogen-bond donors (Lipinski definition) is 3. The van der Waals surface area contributed by atoms with Gasteiger partial charge in [0.1, 0.15) is 5.69 Å². The van der Waals surface area contributed by atoms with Crippen molar-refractivity contribution in [3.05, 3.63) is 59.4 Å². The molecule has 0 aliphatic heterocycles. The number of nitrogens with two attached hydrogens (primary N) is 1. The molecule has 0 amide bonds. The van der Waals surface area contributed by atoms with Gasteiger partial charge in [0.05, 0.1) is 5.69 Å². The number of halogens is 2. The molecule has 0 spiro atoms. The molecule has 104 valence electrons. The van der Waals surface area contributed by atoms with Crippen LogP contribution in [0.2, 0.25) is 0 Å². The van der Waals surface area contributed by atoms with Gasteiger partial charge in [0.25, 0.3) is 0 Å². The van der Waals surface area contributed by atoms with E-state index >= 15 is 0 Å². The smallest absolute Gasteiger partial charge is 0.189 e. The Morgan fingerprint density at radius 3 is 2.85 bits per heavy atom. The summed E-state index contributed by atoms with van der Waals surface area (Å²) in [6.07, 6.45) is 1.49. The second-order valence-electron chi connectivity index (χ2n) is 3.95. The van der Waals surface area contributed by atoms with Crippen molar-refractivity contribution in [1.82, 2.24) is 4.98 Å². The van der Waals surface area contributed by atoms with Gasteiger partial charge in [0, 0.05) is 18.3 Å². The quantitative estimate of drug-likeness (QED) is 0.346. The summed E-state index contributed by atoms with van der Waals surface area (Å²) < 4.78 is 26.6. The number of amidine groups is 1. The molecule has 1 heterocycles. The Kier molecular flexibility index (Phi) is 4.09. The van der Waals surface area contributed by atoms with E-state index < -0.39 is 11.6 Å². The Morgan fingerprint density at radius 1 is 1.30 bits per heavy atom. The maximum absolute atomic E-state index is 13.5. The Morgan fingerprint density at radius 2 is 2.10 bits per heavy atom. The van der Waals surface area contributed by atoms with Crippen molar-refractivity contribution >= 4 is 11.5 Å². The minimum Gasteiger partial charge on any atom is -0.409 e. The Hall–Kier alpha value is -2.70. The first-order valence-corrected chi connectivity index (χ1v) is 5.73. The summed E-state index contributed by atoms with van der Waals surface area (Å²) in [5, 5.41) is 14.3. The number of hydrogen-bond acceptors (Lipinski definition) is 4. The maximum atomic E-state index is 13.5. The van der Waals surface area contributed by atoms with Crippen LogP contribution in [-0.2, 0) is 6.54 Å². The van der Waals surface area contributed by atoms with Crippen molar-refractivity contribution in [3.63, 3.8) is 0 Å². The minimum absolute atomic E-state index is 0.0271. The number of benzene rings is 1. The summed E-state index contributed by atoms with van der Waals surface area (Å²) in [5.74, 6) is -2.04. The standard InChI is InChI=1S/C13H12F2N4O/c14-9-4-1-5-10(11(9)15)18-7-8-3-2-6-17-12(8)13(16)19-20/h1-6,18,20H,7H2,(H2,16,19). The third-order valence-corrected chi connectivity index (χ3v) is 2.66. The van der Waals surface area contributed by atoms with E-state index in [-0.39, 0.29) is 23.8 Å². The molecule has 2 aromatic rings. The van der Waals surface area contributed by atoms with Gasteiger partial charge in [-0.25, -0.2) is 8.78 Å². The predicted octanol–water partition coefficient (Wildman–Crippen LogP) is 2.07. The fourth-order valence-corrected chi connectivity index (χ4v) is 1.69. The molecular weight excluding hydrogens is 266 g/mol. The van der Waals surface area contributed by atoms with Gasteiger partial charge in [-0.1, -0.05) is 17.3 Å². The molecule has 0 unspecified atom stereocenters. The molecule has 1 aromatic heterocycles. The van der Waals surface area contributed by atoms with Gasteiger partial charge in [-0.05, 0) is 18.2 Å². The van der Waals surface area contributed by atoms with E-state index in [0.29, 0.717) is 5.56 Å². The molecule has 0 fully saturated rings. The summed E-state index contributed by atoms with van der Waals surface area (Å²) in [5.41, 5.74) is 6.39. The predicted molar refractivity (Wildman–Crippen MR) is 70.4 cm³/mol. The number of nitrogens with one attached hydrogen (secondary N) is 1. The van der Waals surface area contributed by atoms with Crippen LogP contribution in [0, 0.1) is 11.6 Å². The second-order valence-corrected chi connectivity index (χ2v) is 3.95.